The Morgan fingerprint density at radius 1 is 1.07 bits per heavy atom. The molecule has 30 heavy (non-hydrogen) atoms. The molecular weight excluding hydrogens is 394 g/mol. The molecule has 1 fully saturated rings. The Bertz CT molecular complexity index is 966. The lowest BCUT2D eigenvalue weighted by molar-refractivity contribution is 0.0955. The Labute approximate surface area is 181 Å². The number of nitrogens with one attached hydrogen (secondary N) is 2. The van der Waals surface area contributed by atoms with Gasteiger partial charge in [-0.3, -0.25) is 4.79 Å². The zero-order valence-electron chi connectivity index (χ0n) is 17.2. The number of hydrogen-bond donors (Lipinski definition) is 2. The highest BCUT2D eigenvalue weighted by Gasteiger charge is 2.14. The van der Waals surface area contributed by atoms with Crippen LogP contribution in [0.2, 0.25) is 0 Å². The van der Waals surface area contributed by atoms with Gasteiger partial charge < -0.3 is 15.5 Å². The second kappa shape index (κ2) is 9.71. The third-order valence-corrected chi connectivity index (χ3v) is 6.09. The highest BCUT2D eigenvalue weighted by molar-refractivity contribution is 7.13. The first-order chi connectivity index (χ1) is 14.7. The summed E-state index contributed by atoms with van der Waals surface area (Å²) in [6.07, 6.45) is 3.72. The van der Waals surface area contributed by atoms with E-state index in [4.69, 9.17) is 0 Å². The van der Waals surface area contributed by atoms with Gasteiger partial charge in [0, 0.05) is 48.4 Å². The Balaban J connectivity index is 1.27. The number of benzene rings is 1. The van der Waals surface area contributed by atoms with E-state index in [1.54, 1.807) is 11.3 Å². The minimum atomic E-state index is -0.0753. The summed E-state index contributed by atoms with van der Waals surface area (Å²) < 4.78 is 0. The molecule has 2 aromatic heterocycles. The lowest BCUT2D eigenvalue weighted by atomic mass is 10.1. The molecule has 7 heteroatoms. The fourth-order valence-corrected chi connectivity index (χ4v) is 4.33. The second-order valence-corrected chi connectivity index (χ2v) is 8.42. The number of carbonyl (C=O) groups excluding carboxylic acids is 1. The fourth-order valence-electron chi connectivity index (χ4n) is 3.60. The highest BCUT2D eigenvalue weighted by atomic mass is 32.1. The van der Waals surface area contributed by atoms with Gasteiger partial charge in [-0.25, -0.2) is 4.98 Å². The van der Waals surface area contributed by atoms with Crippen LogP contribution in [0.5, 0.6) is 0 Å². The van der Waals surface area contributed by atoms with E-state index in [-0.39, 0.29) is 5.91 Å². The summed E-state index contributed by atoms with van der Waals surface area (Å²) >= 11 is 1.69. The predicted octanol–water partition coefficient (Wildman–Crippen LogP) is 4.35. The van der Waals surface area contributed by atoms with Crippen LogP contribution < -0.4 is 15.5 Å². The number of nitrogens with zero attached hydrogens (tertiary/aromatic N) is 3. The van der Waals surface area contributed by atoms with Crippen molar-refractivity contribution in [1.29, 1.82) is 0 Å². The molecule has 3 heterocycles. The fraction of sp³-hybridized carbons (Fsp3) is 0.348. The minimum absolute atomic E-state index is 0.0753. The predicted molar refractivity (Wildman–Crippen MR) is 123 cm³/mol. The van der Waals surface area contributed by atoms with E-state index >= 15 is 0 Å². The van der Waals surface area contributed by atoms with Crippen molar-refractivity contribution in [3.8, 4) is 10.4 Å². The van der Waals surface area contributed by atoms with Gasteiger partial charge in [-0.15, -0.1) is 11.3 Å². The van der Waals surface area contributed by atoms with Gasteiger partial charge in [0.1, 0.15) is 5.82 Å². The number of amides is 1. The van der Waals surface area contributed by atoms with Gasteiger partial charge in [-0.2, -0.15) is 4.98 Å². The SMILES string of the molecule is Cc1cc(N2CCCCC2)nc(NCCNC(=O)c2ccc(-c3cccs3)cc2)n1. The molecule has 6 nitrogen and oxygen atoms in total. The van der Waals surface area contributed by atoms with E-state index in [0.29, 0.717) is 24.6 Å². The molecule has 0 bridgehead atoms. The normalized spacial score (nSPS) is 13.8. The molecule has 0 aliphatic carbocycles. The molecule has 2 N–H and O–H groups in total. The first kappa shape index (κ1) is 20.3. The summed E-state index contributed by atoms with van der Waals surface area (Å²) in [5, 5.41) is 8.24. The monoisotopic (exact) mass is 421 g/mol. The topological polar surface area (TPSA) is 70.2 Å². The Hall–Kier alpha value is -2.93. The van der Waals surface area contributed by atoms with E-state index in [0.717, 1.165) is 30.2 Å². The van der Waals surface area contributed by atoms with Crippen molar-refractivity contribution < 1.29 is 4.79 Å². The molecule has 0 saturated carbocycles. The summed E-state index contributed by atoms with van der Waals surface area (Å²) in [5.41, 5.74) is 2.74. The zero-order chi connectivity index (χ0) is 20.8. The third-order valence-electron chi connectivity index (χ3n) is 5.17. The number of piperidine rings is 1. The molecule has 1 saturated heterocycles. The van der Waals surface area contributed by atoms with E-state index in [9.17, 15) is 4.79 Å². The number of aryl methyl sites for hydroxylation is 1. The van der Waals surface area contributed by atoms with Gasteiger partial charge in [0.15, 0.2) is 0 Å². The summed E-state index contributed by atoms with van der Waals surface area (Å²) in [6, 6.07) is 13.9. The van der Waals surface area contributed by atoms with Gasteiger partial charge in [0.05, 0.1) is 0 Å². The maximum Gasteiger partial charge on any atom is 0.251 e. The maximum atomic E-state index is 12.4. The summed E-state index contributed by atoms with van der Waals surface area (Å²) in [6.45, 7) is 5.17. The van der Waals surface area contributed by atoms with Gasteiger partial charge in [0.2, 0.25) is 5.95 Å². The number of rotatable bonds is 7. The van der Waals surface area contributed by atoms with Crippen molar-refractivity contribution in [3.05, 3.63) is 59.1 Å². The number of hydrogen-bond acceptors (Lipinski definition) is 6. The van der Waals surface area contributed by atoms with Gasteiger partial charge >= 0.3 is 0 Å². The van der Waals surface area contributed by atoms with Crippen molar-refractivity contribution in [2.24, 2.45) is 0 Å². The molecule has 0 radical (unpaired) electrons. The molecule has 3 aromatic rings. The summed E-state index contributed by atoms with van der Waals surface area (Å²) in [4.78, 5) is 25.1. The quantitative estimate of drug-likeness (QED) is 0.555. The minimum Gasteiger partial charge on any atom is -0.356 e. The van der Waals surface area contributed by atoms with Crippen molar-refractivity contribution in [1.82, 2.24) is 15.3 Å². The average molecular weight is 422 g/mol. The van der Waals surface area contributed by atoms with Crippen LogP contribution in [0.3, 0.4) is 0 Å². The largest absolute Gasteiger partial charge is 0.356 e. The smallest absolute Gasteiger partial charge is 0.251 e. The number of anilines is 2. The molecule has 0 spiro atoms. The first-order valence-electron chi connectivity index (χ1n) is 10.5. The molecule has 0 atom stereocenters. The van der Waals surface area contributed by atoms with Crippen LogP contribution in [0.1, 0.15) is 35.3 Å². The van der Waals surface area contributed by atoms with Gasteiger partial charge in [-0.05, 0) is 55.3 Å². The van der Waals surface area contributed by atoms with E-state index < -0.39 is 0 Å². The van der Waals surface area contributed by atoms with Crippen LogP contribution in [0.25, 0.3) is 10.4 Å². The highest BCUT2D eigenvalue weighted by Crippen LogP contribution is 2.24. The molecule has 1 aliphatic rings. The molecular formula is C23H27N5OS. The van der Waals surface area contributed by atoms with Crippen LogP contribution in [0.4, 0.5) is 11.8 Å². The number of aromatic nitrogens is 2. The van der Waals surface area contributed by atoms with Crippen LogP contribution in [-0.2, 0) is 0 Å². The second-order valence-electron chi connectivity index (χ2n) is 7.48. The Morgan fingerprint density at radius 2 is 1.87 bits per heavy atom. The van der Waals surface area contributed by atoms with Crippen LogP contribution >= 0.6 is 11.3 Å². The summed E-state index contributed by atoms with van der Waals surface area (Å²) in [7, 11) is 0. The van der Waals surface area contributed by atoms with E-state index in [1.807, 2.05) is 43.3 Å². The molecule has 1 aromatic carbocycles. The molecule has 1 aliphatic heterocycles. The van der Waals surface area contributed by atoms with Gasteiger partial charge in [0.25, 0.3) is 5.91 Å². The summed E-state index contributed by atoms with van der Waals surface area (Å²) in [5.74, 6) is 1.53. The van der Waals surface area contributed by atoms with Crippen molar-refractivity contribution in [2.45, 2.75) is 26.2 Å². The third kappa shape index (κ3) is 5.16. The average Bonchev–Trinajstić information content (AvgIpc) is 3.32. The number of thiophene rings is 1. The molecule has 1 amide bonds. The van der Waals surface area contributed by atoms with Crippen molar-refractivity contribution in [2.75, 3.05) is 36.4 Å². The standard InChI is InChI=1S/C23H27N5OS/c1-17-16-21(28-13-3-2-4-14-28)27-23(26-17)25-12-11-24-22(29)19-9-7-18(8-10-19)20-6-5-15-30-20/h5-10,15-16H,2-4,11-14H2,1H3,(H,24,29)(H,25,26,27). The van der Waals surface area contributed by atoms with E-state index in [1.165, 1.54) is 24.1 Å². The lowest BCUT2D eigenvalue weighted by Gasteiger charge is -2.28. The Morgan fingerprint density at radius 3 is 2.60 bits per heavy atom. The maximum absolute atomic E-state index is 12.4. The molecule has 156 valence electrons. The molecule has 0 unspecified atom stereocenters. The van der Waals surface area contributed by atoms with Crippen molar-refractivity contribution in [3.63, 3.8) is 0 Å². The van der Waals surface area contributed by atoms with Crippen LogP contribution in [0.15, 0.2) is 47.8 Å². The number of carbonyl (C=O) groups is 1. The van der Waals surface area contributed by atoms with E-state index in [2.05, 4.69) is 36.9 Å². The zero-order valence-corrected chi connectivity index (χ0v) is 18.0. The first-order valence-corrected chi connectivity index (χ1v) is 11.3. The van der Waals surface area contributed by atoms with Crippen LogP contribution in [0, 0.1) is 6.92 Å². The Kier molecular flexibility index (Phi) is 6.59. The molecule has 4 rings (SSSR count). The lowest BCUT2D eigenvalue weighted by Crippen LogP contribution is -2.31. The van der Waals surface area contributed by atoms with Crippen molar-refractivity contribution >= 4 is 29.0 Å². The van der Waals surface area contributed by atoms with Crippen LogP contribution in [-0.4, -0.2) is 42.1 Å². The van der Waals surface area contributed by atoms with Gasteiger partial charge in [-0.1, -0.05) is 18.2 Å².